The third-order valence-corrected chi connectivity index (χ3v) is 2.21. The van der Waals surface area contributed by atoms with Crippen LogP contribution in [0.15, 0.2) is 47.2 Å². The van der Waals surface area contributed by atoms with Crippen molar-refractivity contribution in [1.82, 2.24) is 0 Å². The number of benzene rings is 1. The first kappa shape index (κ1) is 15.0. The number of hydrogen-bond acceptors (Lipinski definition) is 5. The minimum absolute atomic E-state index is 0.132. The second-order valence-electron chi connectivity index (χ2n) is 4.85. The smallest absolute Gasteiger partial charge is 0.235 e. The molecule has 0 amide bonds. The third kappa shape index (κ3) is 5.92. The van der Waals surface area contributed by atoms with E-state index in [1.54, 1.807) is 20.8 Å². The minimum Gasteiger partial charge on any atom is -0.473 e. The van der Waals surface area contributed by atoms with E-state index in [0.717, 1.165) is 5.69 Å². The molecule has 0 spiro atoms. The zero-order valence-electron chi connectivity index (χ0n) is 11.6. The predicted molar refractivity (Wildman–Crippen MR) is 77.7 cm³/mol. The molecule has 0 heterocycles. The summed E-state index contributed by atoms with van der Waals surface area (Å²) < 4.78 is 5.47. The quantitative estimate of drug-likeness (QED) is 0.431. The molecule has 104 valence electrons. The van der Waals surface area contributed by atoms with Crippen molar-refractivity contribution in [3.63, 3.8) is 0 Å². The lowest BCUT2D eigenvalue weighted by Gasteiger charge is -2.18. The van der Waals surface area contributed by atoms with Crippen LogP contribution in [-0.4, -0.2) is 23.2 Å². The number of hydrogen-bond donors (Lipinski definition) is 3. The Morgan fingerprint density at radius 1 is 1.42 bits per heavy atom. The zero-order chi connectivity index (χ0) is 14.3. The van der Waals surface area contributed by atoms with Gasteiger partial charge in [0.15, 0.2) is 0 Å². The predicted octanol–water partition coefficient (Wildman–Crippen LogP) is 2.06. The molecule has 0 atom stereocenters. The molecule has 0 bridgehead atoms. The SMILES string of the molecule is CC(=C\N)/C(=N\Nc1ccccc1)OCC(C)(C)O. The van der Waals surface area contributed by atoms with E-state index in [2.05, 4.69) is 10.5 Å². The van der Waals surface area contributed by atoms with Crippen LogP contribution in [0.2, 0.25) is 0 Å². The van der Waals surface area contributed by atoms with Gasteiger partial charge in [-0.05, 0) is 32.9 Å². The summed E-state index contributed by atoms with van der Waals surface area (Å²) in [7, 11) is 0. The molecule has 0 aliphatic carbocycles. The third-order valence-electron chi connectivity index (χ3n) is 2.21. The molecule has 1 aromatic carbocycles. The summed E-state index contributed by atoms with van der Waals surface area (Å²) in [5.74, 6) is 0.355. The summed E-state index contributed by atoms with van der Waals surface area (Å²) in [6.07, 6.45) is 1.41. The van der Waals surface area contributed by atoms with Crippen LogP contribution < -0.4 is 11.2 Å². The molecule has 0 saturated carbocycles. The topological polar surface area (TPSA) is 79.9 Å². The van der Waals surface area contributed by atoms with Gasteiger partial charge in [0.2, 0.25) is 5.90 Å². The van der Waals surface area contributed by atoms with Crippen LogP contribution in [0.4, 0.5) is 5.69 Å². The number of nitrogens with two attached hydrogens (primary N) is 1. The van der Waals surface area contributed by atoms with Gasteiger partial charge in [-0.25, -0.2) is 0 Å². The van der Waals surface area contributed by atoms with E-state index in [1.165, 1.54) is 6.20 Å². The fourth-order valence-corrected chi connectivity index (χ4v) is 1.18. The molecular formula is C14H21N3O2. The number of ether oxygens (including phenoxy) is 1. The molecular weight excluding hydrogens is 242 g/mol. The number of anilines is 1. The standard InChI is InChI=1S/C14H21N3O2/c1-11(9-15)13(19-10-14(2,3)18)17-16-12-7-5-4-6-8-12/h4-9,16,18H,10,15H2,1-3H3/b11-9+,17-13+. The second kappa shape index (κ2) is 6.80. The molecule has 5 nitrogen and oxygen atoms in total. The van der Waals surface area contributed by atoms with Crippen LogP contribution in [-0.2, 0) is 4.74 Å². The van der Waals surface area contributed by atoms with Crippen molar-refractivity contribution in [2.45, 2.75) is 26.4 Å². The minimum atomic E-state index is -0.928. The zero-order valence-corrected chi connectivity index (χ0v) is 11.6. The lowest BCUT2D eigenvalue weighted by atomic mass is 10.2. The van der Waals surface area contributed by atoms with Crippen LogP contribution in [0.5, 0.6) is 0 Å². The summed E-state index contributed by atoms with van der Waals surface area (Å²) in [6.45, 7) is 5.25. The summed E-state index contributed by atoms with van der Waals surface area (Å²) in [4.78, 5) is 0. The summed E-state index contributed by atoms with van der Waals surface area (Å²) in [5.41, 5.74) is 8.95. The van der Waals surface area contributed by atoms with Crippen molar-refractivity contribution in [3.8, 4) is 0 Å². The van der Waals surface area contributed by atoms with Gasteiger partial charge in [-0.3, -0.25) is 5.43 Å². The van der Waals surface area contributed by atoms with Gasteiger partial charge in [-0.15, -0.1) is 5.10 Å². The Balaban J connectivity index is 2.74. The molecule has 0 aromatic heterocycles. The van der Waals surface area contributed by atoms with Crippen LogP contribution in [0.25, 0.3) is 0 Å². The molecule has 19 heavy (non-hydrogen) atoms. The molecule has 0 saturated heterocycles. The molecule has 1 rings (SSSR count). The average Bonchev–Trinajstić information content (AvgIpc) is 2.38. The highest BCUT2D eigenvalue weighted by molar-refractivity contribution is 5.93. The summed E-state index contributed by atoms with van der Waals surface area (Å²) >= 11 is 0. The lowest BCUT2D eigenvalue weighted by Crippen LogP contribution is -2.28. The van der Waals surface area contributed by atoms with Gasteiger partial charge in [0.25, 0.3) is 0 Å². The second-order valence-corrected chi connectivity index (χ2v) is 4.85. The van der Waals surface area contributed by atoms with Crippen LogP contribution in [0.3, 0.4) is 0 Å². The number of nitrogens with one attached hydrogen (secondary N) is 1. The molecule has 4 N–H and O–H groups in total. The molecule has 0 unspecified atom stereocenters. The van der Waals surface area contributed by atoms with E-state index in [9.17, 15) is 5.11 Å². The highest BCUT2D eigenvalue weighted by atomic mass is 16.5. The number of nitrogens with zero attached hydrogens (tertiary/aromatic N) is 1. The van der Waals surface area contributed by atoms with Gasteiger partial charge in [-0.1, -0.05) is 18.2 Å². The summed E-state index contributed by atoms with van der Waals surface area (Å²) in [5, 5.41) is 13.8. The summed E-state index contributed by atoms with van der Waals surface area (Å²) in [6, 6.07) is 9.50. The van der Waals surface area contributed by atoms with Crippen molar-refractivity contribution in [3.05, 3.63) is 42.1 Å². The molecule has 5 heteroatoms. The Kier molecular flexibility index (Phi) is 5.38. The van der Waals surface area contributed by atoms with Crippen LogP contribution >= 0.6 is 0 Å². The van der Waals surface area contributed by atoms with E-state index in [4.69, 9.17) is 10.5 Å². The van der Waals surface area contributed by atoms with Gasteiger partial charge in [0.05, 0.1) is 11.3 Å². The number of aliphatic hydroxyl groups is 1. The van der Waals surface area contributed by atoms with Gasteiger partial charge in [-0.2, -0.15) is 0 Å². The maximum atomic E-state index is 9.66. The molecule has 1 aromatic rings. The van der Waals surface area contributed by atoms with Gasteiger partial charge >= 0.3 is 0 Å². The number of hydrazone groups is 1. The molecule has 0 fully saturated rings. The van der Waals surface area contributed by atoms with E-state index in [-0.39, 0.29) is 6.61 Å². The fourth-order valence-electron chi connectivity index (χ4n) is 1.18. The van der Waals surface area contributed by atoms with Crippen molar-refractivity contribution in [2.75, 3.05) is 12.0 Å². The first-order valence-corrected chi connectivity index (χ1v) is 6.05. The molecule has 0 radical (unpaired) electrons. The Labute approximate surface area is 113 Å². The Morgan fingerprint density at radius 2 is 2.05 bits per heavy atom. The Morgan fingerprint density at radius 3 is 2.58 bits per heavy atom. The van der Waals surface area contributed by atoms with Gasteiger partial charge in [0, 0.05) is 11.8 Å². The van der Waals surface area contributed by atoms with Crippen LogP contribution in [0, 0.1) is 0 Å². The first-order valence-electron chi connectivity index (χ1n) is 6.05. The Bertz CT molecular complexity index is 448. The van der Waals surface area contributed by atoms with E-state index in [0.29, 0.717) is 11.5 Å². The van der Waals surface area contributed by atoms with Gasteiger partial charge in [0.1, 0.15) is 6.61 Å². The van der Waals surface area contributed by atoms with Gasteiger partial charge < -0.3 is 15.6 Å². The highest BCUT2D eigenvalue weighted by Crippen LogP contribution is 2.08. The van der Waals surface area contributed by atoms with Crippen molar-refractivity contribution < 1.29 is 9.84 Å². The first-order chi connectivity index (χ1) is 8.92. The highest BCUT2D eigenvalue weighted by Gasteiger charge is 2.15. The Hall–Kier alpha value is -2.01. The largest absolute Gasteiger partial charge is 0.473 e. The monoisotopic (exact) mass is 263 g/mol. The maximum Gasteiger partial charge on any atom is 0.235 e. The number of rotatable bonds is 5. The number of para-hydroxylation sites is 1. The van der Waals surface area contributed by atoms with Crippen molar-refractivity contribution in [2.24, 2.45) is 10.8 Å². The van der Waals surface area contributed by atoms with E-state index in [1.807, 2.05) is 30.3 Å². The van der Waals surface area contributed by atoms with E-state index >= 15 is 0 Å². The maximum absolute atomic E-state index is 9.66. The van der Waals surface area contributed by atoms with Crippen molar-refractivity contribution >= 4 is 11.6 Å². The molecule has 0 aliphatic heterocycles. The fraction of sp³-hybridized carbons (Fsp3) is 0.357. The van der Waals surface area contributed by atoms with Crippen molar-refractivity contribution in [1.29, 1.82) is 0 Å². The van der Waals surface area contributed by atoms with E-state index < -0.39 is 5.60 Å². The van der Waals surface area contributed by atoms with Crippen LogP contribution in [0.1, 0.15) is 20.8 Å². The normalized spacial score (nSPS) is 13.3. The lowest BCUT2D eigenvalue weighted by molar-refractivity contribution is 0.0240. The molecule has 0 aliphatic rings. The average molecular weight is 263 g/mol.